The van der Waals surface area contributed by atoms with Crippen LogP contribution in [0.4, 0.5) is 13.2 Å². The van der Waals surface area contributed by atoms with Gasteiger partial charge < -0.3 is 4.74 Å². The smallest absolute Gasteiger partial charge is 0.406 e. The molecule has 0 atom stereocenters. The van der Waals surface area contributed by atoms with Crippen molar-refractivity contribution >= 4 is 11.6 Å². The van der Waals surface area contributed by atoms with Gasteiger partial charge in [-0.25, -0.2) is 4.98 Å². The lowest BCUT2D eigenvalue weighted by atomic mass is 10.0. The van der Waals surface area contributed by atoms with Gasteiger partial charge in [-0.05, 0) is 30.2 Å². The lowest BCUT2D eigenvalue weighted by Gasteiger charge is -2.12. The quantitative estimate of drug-likeness (QED) is 0.850. The molecular weight excluding hydrogens is 293 g/mol. The first-order chi connectivity index (χ1) is 9.39. The van der Waals surface area contributed by atoms with Crippen molar-refractivity contribution < 1.29 is 17.9 Å². The van der Waals surface area contributed by atoms with Gasteiger partial charge in [0.15, 0.2) is 0 Å². The average Bonchev–Trinajstić information content (AvgIpc) is 2.38. The standard InChI is InChI=1S/C13H10ClF3N2O/c1-2-8-5-9(20-13(15,16)17)3-4-10(8)11-6-19-12(14)7-18-11/h3-7H,2H2,1H3. The van der Waals surface area contributed by atoms with E-state index in [0.29, 0.717) is 23.2 Å². The van der Waals surface area contributed by atoms with E-state index >= 15 is 0 Å². The minimum Gasteiger partial charge on any atom is -0.406 e. The molecule has 0 unspecified atom stereocenters. The van der Waals surface area contributed by atoms with Crippen LogP contribution in [0.3, 0.4) is 0 Å². The summed E-state index contributed by atoms with van der Waals surface area (Å²) in [5.41, 5.74) is 1.93. The molecule has 20 heavy (non-hydrogen) atoms. The Morgan fingerprint density at radius 1 is 1.20 bits per heavy atom. The number of ether oxygens (including phenoxy) is 1. The second kappa shape index (κ2) is 5.66. The van der Waals surface area contributed by atoms with Crippen molar-refractivity contribution in [1.82, 2.24) is 9.97 Å². The van der Waals surface area contributed by atoms with Crippen LogP contribution in [0.25, 0.3) is 11.3 Å². The summed E-state index contributed by atoms with van der Waals surface area (Å²) >= 11 is 5.65. The summed E-state index contributed by atoms with van der Waals surface area (Å²) in [7, 11) is 0. The van der Waals surface area contributed by atoms with Gasteiger partial charge in [0.25, 0.3) is 0 Å². The number of aromatic nitrogens is 2. The highest BCUT2D eigenvalue weighted by atomic mass is 35.5. The molecular formula is C13H10ClF3N2O. The van der Waals surface area contributed by atoms with E-state index in [4.69, 9.17) is 11.6 Å². The molecule has 0 amide bonds. The van der Waals surface area contributed by atoms with Crippen LogP contribution in [0.5, 0.6) is 5.75 Å². The highest BCUT2D eigenvalue weighted by Gasteiger charge is 2.31. The van der Waals surface area contributed by atoms with E-state index in [0.717, 1.165) is 0 Å². The molecule has 1 heterocycles. The zero-order valence-corrected chi connectivity index (χ0v) is 11.2. The molecule has 0 aliphatic rings. The Balaban J connectivity index is 2.37. The van der Waals surface area contributed by atoms with Crippen LogP contribution in [0.2, 0.25) is 5.15 Å². The van der Waals surface area contributed by atoms with Crippen LogP contribution < -0.4 is 4.74 Å². The number of rotatable bonds is 3. The fraction of sp³-hybridized carbons (Fsp3) is 0.231. The van der Waals surface area contributed by atoms with Gasteiger partial charge in [0, 0.05) is 5.56 Å². The summed E-state index contributed by atoms with van der Waals surface area (Å²) in [5.74, 6) is -0.250. The first-order valence-electron chi connectivity index (χ1n) is 5.75. The summed E-state index contributed by atoms with van der Waals surface area (Å²) in [5, 5.41) is 0.254. The van der Waals surface area contributed by atoms with Gasteiger partial charge in [0.2, 0.25) is 0 Å². The molecule has 1 aromatic heterocycles. The van der Waals surface area contributed by atoms with Crippen LogP contribution in [0.15, 0.2) is 30.6 Å². The van der Waals surface area contributed by atoms with E-state index in [-0.39, 0.29) is 10.9 Å². The van der Waals surface area contributed by atoms with E-state index in [1.807, 2.05) is 6.92 Å². The number of benzene rings is 1. The van der Waals surface area contributed by atoms with Crippen LogP contribution in [-0.2, 0) is 6.42 Å². The van der Waals surface area contributed by atoms with E-state index in [9.17, 15) is 13.2 Å². The topological polar surface area (TPSA) is 35.0 Å². The van der Waals surface area contributed by atoms with Crippen molar-refractivity contribution in [3.8, 4) is 17.0 Å². The van der Waals surface area contributed by atoms with Crippen LogP contribution in [0.1, 0.15) is 12.5 Å². The number of hydrogen-bond donors (Lipinski definition) is 0. The Morgan fingerprint density at radius 2 is 1.95 bits per heavy atom. The van der Waals surface area contributed by atoms with Crippen molar-refractivity contribution in [1.29, 1.82) is 0 Å². The Morgan fingerprint density at radius 3 is 2.50 bits per heavy atom. The Hall–Kier alpha value is -1.82. The fourth-order valence-electron chi connectivity index (χ4n) is 1.76. The Labute approximate surface area is 118 Å². The molecule has 0 saturated heterocycles. The fourth-order valence-corrected chi connectivity index (χ4v) is 1.86. The van der Waals surface area contributed by atoms with E-state index in [1.165, 1.54) is 30.6 Å². The van der Waals surface area contributed by atoms with Gasteiger partial charge in [-0.3, -0.25) is 4.98 Å². The predicted octanol–water partition coefficient (Wildman–Crippen LogP) is 4.26. The lowest BCUT2D eigenvalue weighted by Crippen LogP contribution is -2.17. The normalized spacial score (nSPS) is 11.4. The first-order valence-corrected chi connectivity index (χ1v) is 6.13. The van der Waals surface area contributed by atoms with E-state index < -0.39 is 6.36 Å². The molecule has 2 rings (SSSR count). The maximum absolute atomic E-state index is 12.2. The third kappa shape index (κ3) is 3.60. The summed E-state index contributed by atoms with van der Waals surface area (Å²) in [6.45, 7) is 1.83. The molecule has 106 valence electrons. The number of aryl methyl sites for hydroxylation is 1. The van der Waals surface area contributed by atoms with Crippen molar-refractivity contribution in [3.05, 3.63) is 41.3 Å². The highest BCUT2D eigenvalue weighted by Crippen LogP contribution is 2.29. The third-order valence-corrected chi connectivity index (χ3v) is 2.78. The molecule has 0 aliphatic carbocycles. The summed E-state index contributed by atoms with van der Waals surface area (Å²) in [4.78, 5) is 8.01. The number of halogens is 4. The molecule has 3 nitrogen and oxygen atoms in total. The van der Waals surface area contributed by atoms with Crippen LogP contribution >= 0.6 is 11.6 Å². The highest BCUT2D eigenvalue weighted by molar-refractivity contribution is 6.29. The predicted molar refractivity (Wildman–Crippen MR) is 68.5 cm³/mol. The molecule has 0 spiro atoms. The van der Waals surface area contributed by atoms with Crippen molar-refractivity contribution in [2.45, 2.75) is 19.7 Å². The molecule has 0 saturated carbocycles. The molecule has 0 N–H and O–H groups in total. The Bertz CT molecular complexity index is 600. The minimum absolute atomic E-state index is 0.250. The van der Waals surface area contributed by atoms with Crippen LogP contribution in [-0.4, -0.2) is 16.3 Å². The van der Waals surface area contributed by atoms with Gasteiger partial charge in [0.1, 0.15) is 10.9 Å². The zero-order valence-electron chi connectivity index (χ0n) is 10.4. The van der Waals surface area contributed by atoms with E-state index in [1.54, 1.807) is 0 Å². The van der Waals surface area contributed by atoms with Crippen LogP contribution in [0, 0.1) is 0 Å². The molecule has 2 aromatic rings. The molecule has 0 fully saturated rings. The maximum atomic E-state index is 12.2. The lowest BCUT2D eigenvalue weighted by molar-refractivity contribution is -0.274. The van der Waals surface area contributed by atoms with Crippen molar-refractivity contribution in [2.24, 2.45) is 0 Å². The van der Waals surface area contributed by atoms with E-state index in [2.05, 4.69) is 14.7 Å². The molecule has 0 bridgehead atoms. The number of alkyl halides is 3. The molecule has 1 aromatic carbocycles. The molecule has 0 radical (unpaired) electrons. The molecule has 0 aliphatic heterocycles. The second-order valence-corrected chi connectivity index (χ2v) is 4.33. The average molecular weight is 303 g/mol. The summed E-state index contributed by atoms with van der Waals surface area (Å²) < 4.78 is 40.5. The van der Waals surface area contributed by atoms with Gasteiger partial charge in [0.05, 0.1) is 18.1 Å². The van der Waals surface area contributed by atoms with Gasteiger partial charge in [-0.2, -0.15) is 0 Å². The largest absolute Gasteiger partial charge is 0.573 e. The van der Waals surface area contributed by atoms with Crippen molar-refractivity contribution in [3.63, 3.8) is 0 Å². The Kier molecular flexibility index (Phi) is 4.13. The summed E-state index contributed by atoms with van der Waals surface area (Å²) in [6, 6.07) is 4.12. The minimum atomic E-state index is -4.70. The number of hydrogen-bond acceptors (Lipinski definition) is 3. The zero-order chi connectivity index (χ0) is 14.8. The first kappa shape index (κ1) is 14.6. The maximum Gasteiger partial charge on any atom is 0.573 e. The number of nitrogens with zero attached hydrogens (tertiary/aromatic N) is 2. The van der Waals surface area contributed by atoms with Gasteiger partial charge in [-0.15, -0.1) is 13.2 Å². The summed E-state index contributed by atoms with van der Waals surface area (Å²) in [6.07, 6.45) is -1.31. The van der Waals surface area contributed by atoms with Gasteiger partial charge in [-0.1, -0.05) is 18.5 Å². The third-order valence-electron chi connectivity index (χ3n) is 2.59. The SMILES string of the molecule is CCc1cc(OC(F)(F)F)ccc1-c1cnc(Cl)cn1. The van der Waals surface area contributed by atoms with Crippen molar-refractivity contribution in [2.75, 3.05) is 0 Å². The molecule has 7 heteroatoms. The second-order valence-electron chi connectivity index (χ2n) is 3.94. The monoisotopic (exact) mass is 302 g/mol. The van der Waals surface area contributed by atoms with Gasteiger partial charge >= 0.3 is 6.36 Å².